The number of rotatable bonds is 34. The Hall–Kier alpha value is -2.09. The second-order valence-corrected chi connectivity index (χ2v) is 22.9. The molecule has 0 unspecified atom stereocenters. The summed E-state index contributed by atoms with van der Waals surface area (Å²) < 4.78 is 6.08. The summed E-state index contributed by atoms with van der Waals surface area (Å²) in [4.78, 5) is 41.0. The molecule has 0 spiro atoms. The summed E-state index contributed by atoms with van der Waals surface area (Å²) in [5.74, 6) is 5.04. The van der Waals surface area contributed by atoms with Crippen molar-refractivity contribution in [1.82, 2.24) is 15.5 Å². The van der Waals surface area contributed by atoms with Crippen molar-refractivity contribution in [3.8, 4) is 0 Å². The molecule has 0 aromatic rings. The van der Waals surface area contributed by atoms with E-state index in [1.165, 1.54) is 116 Å². The van der Waals surface area contributed by atoms with E-state index in [1.54, 1.807) is 10.5 Å². The number of nitrogens with two attached hydrogens (primary N) is 1. The van der Waals surface area contributed by atoms with Gasteiger partial charge in [0.25, 0.3) is 0 Å². The predicted molar refractivity (Wildman–Crippen MR) is 273 cm³/mol. The third-order valence-corrected chi connectivity index (χ3v) is 17.5. The molecule has 8 atom stereocenters. The lowest BCUT2D eigenvalue weighted by Crippen LogP contribution is -2.51. The van der Waals surface area contributed by atoms with Crippen molar-refractivity contribution >= 4 is 17.9 Å². The average molecular weight is 909 g/mol. The molecule has 0 aromatic heterocycles. The minimum absolute atomic E-state index is 0.0333. The molecular weight excluding hydrogens is 805 g/mol. The van der Waals surface area contributed by atoms with Crippen molar-refractivity contribution in [2.24, 2.45) is 52.1 Å². The number of amides is 3. The van der Waals surface area contributed by atoms with E-state index in [9.17, 15) is 14.4 Å². The van der Waals surface area contributed by atoms with Gasteiger partial charge in [-0.2, -0.15) is 0 Å². The van der Waals surface area contributed by atoms with Gasteiger partial charge in [-0.25, -0.2) is 4.79 Å². The Balaban J connectivity index is 1.12. The van der Waals surface area contributed by atoms with Gasteiger partial charge in [0.2, 0.25) is 11.8 Å². The Morgan fingerprint density at radius 3 is 2.03 bits per heavy atom. The smallest absolute Gasteiger partial charge is 0.407 e. The molecule has 0 saturated heterocycles. The molecule has 65 heavy (non-hydrogen) atoms. The zero-order chi connectivity index (χ0) is 46.9. The number of carbonyl (C=O) groups is 3. The lowest BCUT2D eigenvalue weighted by Gasteiger charge is -2.58. The molecule has 376 valence electrons. The molecule has 0 aliphatic heterocycles. The fourth-order valence-electron chi connectivity index (χ4n) is 13.6. The highest BCUT2D eigenvalue weighted by atomic mass is 16.6. The van der Waals surface area contributed by atoms with Crippen LogP contribution in [0.5, 0.6) is 0 Å². The summed E-state index contributed by atoms with van der Waals surface area (Å²) in [6, 6.07) is 0. The zero-order valence-electron chi connectivity index (χ0n) is 43.4. The third kappa shape index (κ3) is 18.4. The van der Waals surface area contributed by atoms with Crippen LogP contribution in [0.4, 0.5) is 4.79 Å². The normalized spacial score (nSPS) is 26.5. The van der Waals surface area contributed by atoms with E-state index < -0.39 is 0 Å². The van der Waals surface area contributed by atoms with Crippen LogP contribution in [0.1, 0.15) is 247 Å². The van der Waals surface area contributed by atoms with Crippen LogP contribution in [0.15, 0.2) is 11.6 Å². The first-order valence-corrected chi connectivity index (χ1v) is 28.3. The Labute approximate surface area is 400 Å². The standard InChI is InChI=1S/C57H104N4O4/c1-7-8-9-10-11-12-13-14-15-16-17-22-30-54(63)61(44-53(62)59-40-24-19-18-23-39-58)42-26-21-20-25-41-60-55(64)65-48-35-37-56(5)47(43-48)31-32-49-51-34-33-50(46(4)29-27-28-45(2)3)57(51,6)38-36-52(49)56/h31,45-46,48-52H,7-30,32-44,58H2,1-6H3,(H,59,62)(H,60,64)/t46-,48+,49+,50-,51+,52+,56+,57-/m1/s1. The van der Waals surface area contributed by atoms with Crippen LogP contribution in [0.3, 0.4) is 0 Å². The van der Waals surface area contributed by atoms with Gasteiger partial charge in [-0.05, 0) is 130 Å². The Morgan fingerprint density at radius 2 is 1.35 bits per heavy atom. The molecule has 8 heteroatoms. The quantitative estimate of drug-likeness (QED) is 0.0440. The number of unbranched alkanes of at least 4 members (excludes halogenated alkanes) is 17. The van der Waals surface area contributed by atoms with Gasteiger partial charge >= 0.3 is 6.09 Å². The lowest BCUT2D eigenvalue weighted by molar-refractivity contribution is -0.136. The van der Waals surface area contributed by atoms with Gasteiger partial charge in [-0.15, -0.1) is 0 Å². The van der Waals surface area contributed by atoms with E-state index >= 15 is 0 Å². The third-order valence-electron chi connectivity index (χ3n) is 17.5. The number of nitrogens with one attached hydrogen (secondary N) is 2. The molecule has 3 fully saturated rings. The Kier molecular flexibility index (Phi) is 26.0. The summed E-state index contributed by atoms with van der Waals surface area (Å²) in [5, 5.41) is 6.09. The fourth-order valence-corrected chi connectivity index (χ4v) is 13.6. The van der Waals surface area contributed by atoms with Gasteiger partial charge in [-0.1, -0.05) is 169 Å². The summed E-state index contributed by atoms with van der Waals surface area (Å²) >= 11 is 0. The highest BCUT2D eigenvalue weighted by molar-refractivity contribution is 5.84. The second-order valence-electron chi connectivity index (χ2n) is 22.9. The van der Waals surface area contributed by atoms with E-state index in [1.807, 2.05) is 0 Å². The van der Waals surface area contributed by atoms with Crippen molar-refractivity contribution in [3.05, 3.63) is 11.6 Å². The molecule has 0 heterocycles. The molecule has 4 N–H and O–H groups in total. The molecule has 3 saturated carbocycles. The largest absolute Gasteiger partial charge is 0.446 e. The molecule has 8 nitrogen and oxygen atoms in total. The SMILES string of the molecule is CCCCCCCCCCCCCCC(=O)N(CCCCCCNC(=O)O[C@H]1CC[C@@]2(C)C(=CC[C@H]3[C@@H]4CC[C@H]([C@H](C)CCCC(C)C)[C@@]4(C)CC[C@@H]32)C1)CC(=O)NCCCCCCN. The van der Waals surface area contributed by atoms with Gasteiger partial charge in [0.05, 0.1) is 6.54 Å². The minimum Gasteiger partial charge on any atom is -0.446 e. The van der Waals surface area contributed by atoms with E-state index in [-0.39, 0.29) is 36.0 Å². The first kappa shape index (κ1) is 55.5. The van der Waals surface area contributed by atoms with E-state index in [0.29, 0.717) is 38.0 Å². The van der Waals surface area contributed by atoms with Crippen LogP contribution in [0.25, 0.3) is 0 Å². The number of allylic oxidation sites excluding steroid dienone is 1. The van der Waals surface area contributed by atoms with Crippen molar-refractivity contribution in [1.29, 1.82) is 0 Å². The zero-order valence-corrected chi connectivity index (χ0v) is 43.4. The van der Waals surface area contributed by atoms with Gasteiger partial charge in [0, 0.05) is 32.5 Å². The Morgan fingerprint density at radius 1 is 0.723 bits per heavy atom. The van der Waals surface area contributed by atoms with Crippen LogP contribution < -0.4 is 16.4 Å². The maximum Gasteiger partial charge on any atom is 0.407 e. The highest BCUT2D eigenvalue weighted by Crippen LogP contribution is 2.67. The first-order valence-electron chi connectivity index (χ1n) is 28.3. The summed E-state index contributed by atoms with van der Waals surface area (Å²) in [6.45, 7) is 17.5. The lowest BCUT2D eigenvalue weighted by atomic mass is 9.47. The van der Waals surface area contributed by atoms with Crippen LogP contribution >= 0.6 is 0 Å². The summed E-state index contributed by atoms with van der Waals surface area (Å²) in [5.41, 5.74) is 7.95. The van der Waals surface area contributed by atoms with Crippen LogP contribution in [-0.4, -0.2) is 61.6 Å². The number of nitrogens with zero attached hydrogens (tertiary/aromatic N) is 1. The molecule has 3 amide bonds. The maximum absolute atomic E-state index is 13.4. The number of carbonyl (C=O) groups excluding carboxylic acids is 3. The number of fused-ring (bicyclic) bond motifs is 5. The van der Waals surface area contributed by atoms with Gasteiger partial charge in [0.15, 0.2) is 0 Å². The van der Waals surface area contributed by atoms with Gasteiger partial charge in [0.1, 0.15) is 6.10 Å². The fraction of sp³-hybridized carbons (Fsp3) is 0.912. The second kappa shape index (κ2) is 30.4. The Bertz CT molecular complexity index is 1380. The monoisotopic (exact) mass is 909 g/mol. The van der Waals surface area contributed by atoms with Crippen molar-refractivity contribution in [3.63, 3.8) is 0 Å². The van der Waals surface area contributed by atoms with E-state index in [4.69, 9.17) is 10.5 Å². The number of alkyl carbamates (subject to hydrolysis) is 1. The van der Waals surface area contributed by atoms with Crippen LogP contribution in [0, 0.1) is 46.3 Å². The predicted octanol–water partition coefficient (Wildman–Crippen LogP) is 14.2. The number of hydrogen-bond acceptors (Lipinski definition) is 5. The number of ether oxygens (including phenoxy) is 1. The molecule has 4 rings (SSSR count). The first-order chi connectivity index (χ1) is 31.4. The van der Waals surface area contributed by atoms with E-state index in [0.717, 1.165) is 119 Å². The van der Waals surface area contributed by atoms with Gasteiger partial charge in [-0.3, -0.25) is 9.59 Å². The topological polar surface area (TPSA) is 114 Å². The molecule has 4 aliphatic rings. The molecule has 4 aliphatic carbocycles. The summed E-state index contributed by atoms with van der Waals surface area (Å²) in [6.07, 6.45) is 39.8. The van der Waals surface area contributed by atoms with Crippen molar-refractivity contribution < 1.29 is 19.1 Å². The van der Waals surface area contributed by atoms with Crippen molar-refractivity contribution in [2.45, 2.75) is 253 Å². The number of hydrogen-bond donors (Lipinski definition) is 3. The molecule has 0 radical (unpaired) electrons. The van der Waals surface area contributed by atoms with Crippen LogP contribution in [-0.2, 0) is 14.3 Å². The van der Waals surface area contributed by atoms with Crippen LogP contribution in [0.2, 0.25) is 0 Å². The van der Waals surface area contributed by atoms with E-state index in [2.05, 4.69) is 58.3 Å². The maximum atomic E-state index is 13.4. The van der Waals surface area contributed by atoms with Gasteiger partial charge < -0.3 is 26.0 Å². The molecule has 0 aromatic carbocycles. The molecular formula is C57H104N4O4. The van der Waals surface area contributed by atoms with Crippen molar-refractivity contribution in [2.75, 3.05) is 32.7 Å². The highest BCUT2D eigenvalue weighted by Gasteiger charge is 2.59. The molecule has 0 bridgehead atoms. The summed E-state index contributed by atoms with van der Waals surface area (Å²) in [7, 11) is 0. The average Bonchev–Trinajstić information content (AvgIpc) is 3.64. The minimum atomic E-state index is -0.277.